The lowest BCUT2D eigenvalue weighted by Gasteiger charge is -2.47. The second-order valence-electron chi connectivity index (χ2n) is 6.27. The first kappa shape index (κ1) is 15.9. The van der Waals surface area contributed by atoms with Crippen LogP contribution >= 0.6 is 15.9 Å². The molecule has 21 heavy (non-hydrogen) atoms. The smallest absolute Gasteiger partial charge is 0.248 e. The maximum absolute atomic E-state index is 13.9. The summed E-state index contributed by atoms with van der Waals surface area (Å²) < 4.78 is 14.7. The van der Waals surface area contributed by atoms with Crippen LogP contribution in [-0.4, -0.2) is 27.8 Å². The standard InChI is InChI=1S/C15H18BrFN2O2/c1-14(2)13(21)19(15(3,4)12(20)18-14)8-9-7-10(16)5-6-11(9)17/h5-7H,8H2,1-4H3,(H,18,20). The molecule has 1 fully saturated rings. The van der Waals surface area contributed by atoms with E-state index >= 15 is 0 Å². The lowest BCUT2D eigenvalue weighted by molar-refractivity contribution is -0.160. The van der Waals surface area contributed by atoms with Crippen LogP contribution in [0.3, 0.4) is 0 Å². The molecule has 4 nitrogen and oxygen atoms in total. The molecule has 1 aromatic carbocycles. The van der Waals surface area contributed by atoms with Crippen LogP contribution in [-0.2, 0) is 16.1 Å². The van der Waals surface area contributed by atoms with Gasteiger partial charge < -0.3 is 10.2 Å². The molecular weight excluding hydrogens is 339 g/mol. The van der Waals surface area contributed by atoms with Crippen molar-refractivity contribution in [3.63, 3.8) is 0 Å². The van der Waals surface area contributed by atoms with Gasteiger partial charge in [0.15, 0.2) is 0 Å². The molecule has 6 heteroatoms. The van der Waals surface area contributed by atoms with Crippen molar-refractivity contribution in [2.24, 2.45) is 0 Å². The van der Waals surface area contributed by atoms with Crippen LogP contribution in [0.2, 0.25) is 0 Å². The number of nitrogens with zero attached hydrogens (tertiary/aromatic N) is 1. The summed E-state index contributed by atoms with van der Waals surface area (Å²) >= 11 is 3.29. The van der Waals surface area contributed by atoms with E-state index in [2.05, 4.69) is 21.2 Å². The maximum Gasteiger partial charge on any atom is 0.248 e. The summed E-state index contributed by atoms with van der Waals surface area (Å²) in [6.45, 7) is 6.66. The number of halogens is 2. The number of carbonyl (C=O) groups is 2. The maximum atomic E-state index is 13.9. The molecule has 0 unspecified atom stereocenters. The van der Waals surface area contributed by atoms with Crippen molar-refractivity contribution in [3.05, 3.63) is 34.1 Å². The Balaban J connectivity index is 2.41. The molecular formula is C15H18BrFN2O2. The van der Waals surface area contributed by atoms with E-state index in [4.69, 9.17) is 0 Å². The Morgan fingerprint density at radius 3 is 2.48 bits per heavy atom. The highest BCUT2D eigenvalue weighted by molar-refractivity contribution is 9.10. The predicted molar refractivity (Wildman–Crippen MR) is 81.0 cm³/mol. The predicted octanol–water partition coefficient (Wildman–Crippen LogP) is 2.60. The zero-order valence-electron chi connectivity index (χ0n) is 12.5. The molecule has 1 heterocycles. The summed E-state index contributed by atoms with van der Waals surface area (Å²) in [5.74, 6) is -0.875. The summed E-state index contributed by atoms with van der Waals surface area (Å²) in [6, 6.07) is 4.56. The van der Waals surface area contributed by atoms with E-state index < -0.39 is 16.9 Å². The van der Waals surface area contributed by atoms with Crippen LogP contribution in [0.5, 0.6) is 0 Å². The molecule has 0 saturated carbocycles. The van der Waals surface area contributed by atoms with E-state index in [1.165, 1.54) is 11.0 Å². The molecule has 1 aromatic rings. The van der Waals surface area contributed by atoms with Gasteiger partial charge in [0.05, 0.1) is 0 Å². The van der Waals surface area contributed by atoms with E-state index in [9.17, 15) is 14.0 Å². The van der Waals surface area contributed by atoms with Crippen molar-refractivity contribution in [2.45, 2.75) is 45.3 Å². The summed E-state index contributed by atoms with van der Waals surface area (Å²) in [7, 11) is 0. The Kier molecular flexibility index (Phi) is 3.86. The molecule has 1 aliphatic rings. The van der Waals surface area contributed by atoms with Gasteiger partial charge in [-0.1, -0.05) is 15.9 Å². The van der Waals surface area contributed by atoms with Crippen molar-refractivity contribution >= 4 is 27.7 Å². The molecule has 1 N–H and O–H groups in total. The molecule has 0 radical (unpaired) electrons. The number of piperazine rings is 1. The van der Waals surface area contributed by atoms with Crippen molar-refractivity contribution < 1.29 is 14.0 Å². The fraction of sp³-hybridized carbons (Fsp3) is 0.467. The Hall–Kier alpha value is -1.43. The number of rotatable bonds is 2. The second-order valence-corrected chi connectivity index (χ2v) is 7.18. The third-order valence-electron chi connectivity index (χ3n) is 3.77. The van der Waals surface area contributed by atoms with Gasteiger partial charge >= 0.3 is 0 Å². The van der Waals surface area contributed by atoms with Gasteiger partial charge in [-0.25, -0.2) is 4.39 Å². The van der Waals surface area contributed by atoms with Crippen molar-refractivity contribution in [1.29, 1.82) is 0 Å². The number of amides is 2. The zero-order chi connectivity index (χ0) is 16.0. The van der Waals surface area contributed by atoms with Crippen LogP contribution in [0, 0.1) is 5.82 Å². The average Bonchev–Trinajstić information content (AvgIpc) is 2.36. The first-order valence-corrected chi connectivity index (χ1v) is 7.43. The molecule has 0 bridgehead atoms. The van der Waals surface area contributed by atoms with E-state index in [0.717, 1.165) is 4.47 Å². The highest BCUT2D eigenvalue weighted by Gasteiger charge is 2.50. The lowest BCUT2D eigenvalue weighted by Crippen LogP contribution is -2.71. The Labute approximate surface area is 131 Å². The fourth-order valence-corrected chi connectivity index (χ4v) is 2.72. The number of hydrogen-bond acceptors (Lipinski definition) is 2. The molecule has 0 atom stereocenters. The van der Waals surface area contributed by atoms with Crippen molar-refractivity contribution in [2.75, 3.05) is 0 Å². The monoisotopic (exact) mass is 356 g/mol. The molecule has 0 spiro atoms. The van der Waals surface area contributed by atoms with Crippen LogP contribution in [0.25, 0.3) is 0 Å². The summed E-state index contributed by atoms with van der Waals surface area (Å²) in [4.78, 5) is 26.2. The van der Waals surface area contributed by atoms with Gasteiger partial charge in [-0.3, -0.25) is 9.59 Å². The van der Waals surface area contributed by atoms with Crippen LogP contribution in [0.4, 0.5) is 4.39 Å². The van der Waals surface area contributed by atoms with E-state index in [-0.39, 0.29) is 18.4 Å². The zero-order valence-corrected chi connectivity index (χ0v) is 14.0. The van der Waals surface area contributed by atoms with Crippen molar-refractivity contribution in [3.8, 4) is 0 Å². The highest BCUT2D eigenvalue weighted by atomic mass is 79.9. The number of carbonyl (C=O) groups excluding carboxylic acids is 2. The van der Waals surface area contributed by atoms with E-state index in [1.54, 1.807) is 39.8 Å². The SMILES string of the molecule is CC1(C)NC(=O)C(C)(C)N(Cc2cc(Br)ccc2F)C1=O. The van der Waals surface area contributed by atoms with Gasteiger partial charge in [0.2, 0.25) is 11.8 Å². The van der Waals surface area contributed by atoms with Crippen molar-refractivity contribution in [1.82, 2.24) is 10.2 Å². The van der Waals surface area contributed by atoms with E-state index in [1.807, 2.05) is 0 Å². The normalized spacial score (nSPS) is 20.4. The number of nitrogens with one attached hydrogen (secondary N) is 1. The highest BCUT2D eigenvalue weighted by Crippen LogP contribution is 2.29. The van der Waals surface area contributed by atoms with Gasteiger partial charge in [0, 0.05) is 16.6 Å². The summed E-state index contributed by atoms with van der Waals surface area (Å²) in [6.07, 6.45) is 0. The number of benzene rings is 1. The Bertz CT molecular complexity index is 614. The Morgan fingerprint density at radius 2 is 1.86 bits per heavy atom. The van der Waals surface area contributed by atoms with Gasteiger partial charge in [0.1, 0.15) is 16.9 Å². The van der Waals surface area contributed by atoms with Gasteiger partial charge in [-0.2, -0.15) is 0 Å². The first-order valence-electron chi connectivity index (χ1n) is 6.64. The van der Waals surface area contributed by atoms with E-state index in [0.29, 0.717) is 5.56 Å². The minimum atomic E-state index is -1.03. The topological polar surface area (TPSA) is 49.4 Å². The molecule has 114 valence electrons. The largest absolute Gasteiger partial charge is 0.340 e. The molecule has 0 aliphatic carbocycles. The molecule has 0 aromatic heterocycles. The van der Waals surface area contributed by atoms with Gasteiger partial charge in [-0.05, 0) is 45.9 Å². The van der Waals surface area contributed by atoms with Crippen LogP contribution in [0.1, 0.15) is 33.3 Å². The molecule has 1 aliphatic heterocycles. The lowest BCUT2D eigenvalue weighted by atomic mass is 9.89. The third-order valence-corrected chi connectivity index (χ3v) is 4.27. The third kappa shape index (κ3) is 2.81. The van der Waals surface area contributed by atoms with Gasteiger partial charge in [0.25, 0.3) is 0 Å². The molecule has 2 amide bonds. The summed E-state index contributed by atoms with van der Waals surface area (Å²) in [5.41, 5.74) is -1.65. The minimum Gasteiger partial charge on any atom is -0.340 e. The summed E-state index contributed by atoms with van der Waals surface area (Å²) in [5, 5.41) is 2.70. The van der Waals surface area contributed by atoms with Gasteiger partial charge in [-0.15, -0.1) is 0 Å². The Morgan fingerprint density at radius 1 is 1.24 bits per heavy atom. The second kappa shape index (κ2) is 5.09. The van der Waals surface area contributed by atoms with Crippen LogP contribution < -0.4 is 5.32 Å². The van der Waals surface area contributed by atoms with Crippen LogP contribution in [0.15, 0.2) is 22.7 Å². The fourth-order valence-electron chi connectivity index (χ4n) is 2.31. The quantitative estimate of drug-likeness (QED) is 0.885. The molecule has 1 saturated heterocycles. The first-order chi connectivity index (χ1) is 9.55. The molecule has 2 rings (SSSR count). The average molecular weight is 357 g/mol. The number of hydrogen-bond donors (Lipinski definition) is 1. The minimum absolute atomic E-state index is 0.0496.